The maximum Gasteiger partial charge on any atom is 0.255 e. The van der Waals surface area contributed by atoms with Crippen LogP contribution in [0.15, 0.2) is 48.5 Å². The van der Waals surface area contributed by atoms with Gasteiger partial charge in [0.15, 0.2) is 0 Å². The number of ether oxygens (including phenoxy) is 3. The van der Waals surface area contributed by atoms with E-state index in [1.807, 2.05) is 0 Å². The minimum absolute atomic E-state index is 0.00773. The molecule has 45 heavy (non-hydrogen) atoms. The zero-order chi connectivity index (χ0) is 32.9. The number of carbonyl (C=O) groups excluding carboxylic acids is 5. The first-order valence-corrected chi connectivity index (χ1v) is 14.6. The predicted molar refractivity (Wildman–Crippen MR) is 163 cm³/mol. The lowest BCUT2D eigenvalue weighted by Crippen LogP contribution is -2.58. The summed E-state index contributed by atoms with van der Waals surface area (Å²) in [5.41, 5.74) is 0.103. The van der Waals surface area contributed by atoms with Crippen molar-refractivity contribution >= 4 is 29.5 Å². The summed E-state index contributed by atoms with van der Waals surface area (Å²) in [5, 5.41) is 22.8. The Bertz CT molecular complexity index is 1330. The highest BCUT2D eigenvalue weighted by Gasteiger charge is 2.31. The molecular weight excluding hydrogens is 586 g/mol. The lowest BCUT2D eigenvalue weighted by atomic mass is 10.0. The van der Waals surface area contributed by atoms with Crippen LogP contribution in [0, 0.1) is 5.92 Å². The normalized spacial score (nSPS) is 21.6. The second-order valence-electron chi connectivity index (χ2n) is 10.8. The van der Waals surface area contributed by atoms with Gasteiger partial charge in [0.25, 0.3) is 5.91 Å². The van der Waals surface area contributed by atoms with E-state index in [0.29, 0.717) is 11.5 Å². The number of carbonyl (C=O) groups is 5. The van der Waals surface area contributed by atoms with Crippen LogP contribution >= 0.6 is 0 Å². The molecule has 5 amide bonds. The lowest BCUT2D eigenvalue weighted by molar-refractivity contribution is -0.134. The first-order valence-electron chi connectivity index (χ1n) is 14.6. The van der Waals surface area contributed by atoms with Gasteiger partial charge >= 0.3 is 0 Å². The van der Waals surface area contributed by atoms with Gasteiger partial charge in [-0.2, -0.15) is 0 Å². The van der Waals surface area contributed by atoms with Gasteiger partial charge in [-0.3, -0.25) is 24.0 Å². The average Bonchev–Trinajstić information content (AvgIpc) is 3.02. The number of hydrogen-bond acceptors (Lipinski definition) is 9. The molecule has 0 saturated heterocycles. The SMILES string of the molecule is COc1ccc(OCCNC(=O)[C@@H]2CC(=O)N[C@@H](CO)C(=O)N[C@H](C(C)C)C(=O)N[C@@H](C)COc3ccccc3C(=O)N2)cc1. The monoisotopic (exact) mass is 627 g/mol. The molecule has 0 radical (unpaired) electrons. The van der Waals surface area contributed by atoms with E-state index in [2.05, 4.69) is 26.6 Å². The van der Waals surface area contributed by atoms with Crippen LogP contribution in [-0.2, 0) is 19.2 Å². The molecule has 0 saturated carbocycles. The fourth-order valence-corrected chi connectivity index (χ4v) is 4.37. The summed E-state index contributed by atoms with van der Waals surface area (Å²) in [6.07, 6.45) is -0.561. The Morgan fingerprint density at radius 2 is 1.67 bits per heavy atom. The molecule has 1 aliphatic heterocycles. The van der Waals surface area contributed by atoms with Crippen molar-refractivity contribution in [3.63, 3.8) is 0 Å². The number of fused-ring (bicyclic) bond motifs is 1. The number of aliphatic hydroxyl groups excluding tert-OH is 1. The Morgan fingerprint density at radius 3 is 2.33 bits per heavy atom. The van der Waals surface area contributed by atoms with Crippen molar-refractivity contribution in [2.24, 2.45) is 5.92 Å². The van der Waals surface area contributed by atoms with Crippen molar-refractivity contribution in [2.75, 3.05) is 33.5 Å². The number of rotatable bonds is 8. The van der Waals surface area contributed by atoms with Crippen molar-refractivity contribution in [1.29, 1.82) is 0 Å². The number of benzene rings is 2. The van der Waals surface area contributed by atoms with Crippen molar-refractivity contribution in [3.8, 4) is 17.2 Å². The predicted octanol–water partition coefficient (Wildman–Crippen LogP) is -0.106. The molecule has 0 bridgehead atoms. The summed E-state index contributed by atoms with van der Waals surface area (Å²) < 4.78 is 16.6. The molecule has 0 aromatic heterocycles. The smallest absolute Gasteiger partial charge is 0.255 e. The van der Waals surface area contributed by atoms with Gasteiger partial charge in [0.1, 0.15) is 48.6 Å². The minimum Gasteiger partial charge on any atom is -0.497 e. The van der Waals surface area contributed by atoms with Crippen molar-refractivity contribution in [3.05, 3.63) is 54.1 Å². The summed E-state index contributed by atoms with van der Waals surface area (Å²) in [6.45, 7) is 4.54. The Balaban J connectivity index is 1.81. The van der Waals surface area contributed by atoms with Gasteiger partial charge in [-0.15, -0.1) is 0 Å². The van der Waals surface area contributed by atoms with Crippen LogP contribution in [0.5, 0.6) is 17.2 Å². The zero-order valence-electron chi connectivity index (χ0n) is 25.8. The Morgan fingerprint density at radius 1 is 0.978 bits per heavy atom. The lowest BCUT2D eigenvalue weighted by Gasteiger charge is -2.26. The van der Waals surface area contributed by atoms with Crippen LogP contribution in [0.2, 0.25) is 0 Å². The molecule has 0 spiro atoms. The van der Waals surface area contributed by atoms with Gasteiger partial charge in [0.2, 0.25) is 23.6 Å². The van der Waals surface area contributed by atoms with Crippen molar-refractivity contribution in [1.82, 2.24) is 26.6 Å². The van der Waals surface area contributed by atoms with Crippen LogP contribution < -0.4 is 40.8 Å². The number of methoxy groups -OCH3 is 1. The summed E-state index contributed by atoms with van der Waals surface area (Å²) >= 11 is 0. The zero-order valence-corrected chi connectivity index (χ0v) is 25.8. The van der Waals surface area contributed by atoms with Crippen molar-refractivity contribution < 1.29 is 43.3 Å². The highest BCUT2D eigenvalue weighted by molar-refractivity contribution is 6.01. The largest absolute Gasteiger partial charge is 0.497 e. The van der Waals surface area contributed by atoms with E-state index < -0.39 is 66.7 Å². The molecule has 4 atom stereocenters. The van der Waals surface area contributed by atoms with Crippen LogP contribution in [0.1, 0.15) is 37.6 Å². The van der Waals surface area contributed by atoms with E-state index >= 15 is 0 Å². The summed E-state index contributed by atoms with van der Waals surface area (Å²) in [7, 11) is 1.55. The van der Waals surface area contributed by atoms with E-state index in [0.717, 1.165) is 0 Å². The van der Waals surface area contributed by atoms with Crippen LogP contribution in [0.25, 0.3) is 0 Å². The molecule has 0 unspecified atom stereocenters. The molecule has 6 N–H and O–H groups in total. The van der Waals surface area contributed by atoms with Gasteiger partial charge in [0, 0.05) is 0 Å². The van der Waals surface area contributed by atoms with E-state index in [9.17, 15) is 29.1 Å². The average molecular weight is 628 g/mol. The molecule has 3 rings (SSSR count). The molecule has 0 aliphatic carbocycles. The topological polar surface area (TPSA) is 193 Å². The standard InChI is InChI=1S/C31H41N5O9/c1-18(2)27-31(42)33-19(3)17-45-25-8-6-5-7-22(25)28(39)35-23(15-26(38)34-24(16-37)30(41)36-27)29(40)32-13-14-44-21-11-9-20(43-4)10-12-21/h5-12,18-19,23-24,27,37H,13-17H2,1-4H3,(H,32,40)(H,33,42)(H,34,38)(H,35,39)(H,36,41)/t19-,23-,24-,27+/m0/s1. The molecule has 14 heteroatoms. The summed E-state index contributed by atoms with van der Waals surface area (Å²) in [6, 6.07) is 8.93. The minimum atomic E-state index is -1.42. The second-order valence-corrected chi connectivity index (χ2v) is 10.8. The number of para-hydroxylation sites is 1. The van der Waals surface area contributed by atoms with Crippen LogP contribution in [0.3, 0.4) is 0 Å². The number of nitrogens with one attached hydrogen (secondary N) is 5. The summed E-state index contributed by atoms with van der Waals surface area (Å²) in [5.74, 6) is -2.36. The highest BCUT2D eigenvalue weighted by atomic mass is 16.5. The molecule has 2 aromatic rings. The number of amides is 5. The van der Waals surface area contributed by atoms with Crippen molar-refractivity contribution in [2.45, 2.75) is 51.4 Å². The van der Waals surface area contributed by atoms with E-state index in [-0.39, 0.29) is 37.0 Å². The summed E-state index contributed by atoms with van der Waals surface area (Å²) in [4.78, 5) is 65.6. The van der Waals surface area contributed by atoms with Crippen LogP contribution in [-0.4, -0.2) is 92.3 Å². The van der Waals surface area contributed by atoms with Crippen LogP contribution in [0.4, 0.5) is 0 Å². The van der Waals surface area contributed by atoms with Gasteiger partial charge < -0.3 is 45.9 Å². The maximum atomic E-state index is 13.4. The molecule has 1 heterocycles. The third kappa shape index (κ3) is 10.4. The fraction of sp³-hybridized carbons (Fsp3) is 0.452. The first-order chi connectivity index (χ1) is 21.5. The molecule has 2 aromatic carbocycles. The van der Waals surface area contributed by atoms with Gasteiger partial charge in [-0.25, -0.2) is 0 Å². The third-order valence-electron chi connectivity index (χ3n) is 6.83. The van der Waals surface area contributed by atoms with Gasteiger partial charge in [0.05, 0.1) is 38.3 Å². The van der Waals surface area contributed by atoms with E-state index in [1.54, 1.807) is 70.3 Å². The molecule has 1 aliphatic rings. The second kappa shape index (κ2) is 16.9. The Labute approximate surface area is 261 Å². The van der Waals surface area contributed by atoms with E-state index in [1.165, 1.54) is 6.07 Å². The first kappa shape index (κ1) is 34.6. The quantitative estimate of drug-likeness (QED) is 0.217. The molecular formula is C31H41N5O9. The highest BCUT2D eigenvalue weighted by Crippen LogP contribution is 2.19. The number of aliphatic hydroxyl groups is 1. The third-order valence-corrected chi connectivity index (χ3v) is 6.83. The van der Waals surface area contributed by atoms with Gasteiger partial charge in [-0.1, -0.05) is 26.0 Å². The maximum absolute atomic E-state index is 13.4. The Hall–Kier alpha value is -4.85. The fourth-order valence-electron chi connectivity index (χ4n) is 4.37. The molecule has 244 valence electrons. The molecule has 14 nitrogen and oxygen atoms in total. The Kier molecular flexibility index (Phi) is 13.0. The number of hydrogen-bond donors (Lipinski definition) is 6. The molecule has 0 fully saturated rings. The van der Waals surface area contributed by atoms with E-state index in [4.69, 9.17) is 14.2 Å². The van der Waals surface area contributed by atoms with Gasteiger partial charge in [-0.05, 0) is 49.2 Å².